The van der Waals surface area contributed by atoms with Gasteiger partial charge >= 0.3 is 0 Å². The van der Waals surface area contributed by atoms with Crippen LogP contribution < -0.4 is 14.4 Å². The summed E-state index contributed by atoms with van der Waals surface area (Å²) in [5.74, 6) is 2.41. The summed E-state index contributed by atoms with van der Waals surface area (Å²) < 4.78 is 13.6. The van der Waals surface area contributed by atoms with Crippen LogP contribution in [0.1, 0.15) is 18.2 Å². The number of fused-ring (bicyclic) bond motifs is 1. The van der Waals surface area contributed by atoms with Gasteiger partial charge in [-0.3, -0.25) is 4.79 Å². The zero-order valence-electron chi connectivity index (χ0n) is 18.3. The molecule has 0 radical (unpaired) electrons. The van der Waals surface area contributed by atoms with Crippen molar-refractivity contribution < 1.29 is 14.3 Å². The highest BCUT2D eigenvalue weighted by atomic mass is 35.5. The standard InChI is InChI=1S/C26H24ClN3O3/c1-32-24-9-5-4-8-23(24)30-17-18(16-25(30)31)26-28-21-6-2-3-7-22(21)29(26)14-15-33-20-12-10-19(27)11-13-20/h2-13,18H,14-17H2,1H3. The second-order valence-corrected chi connectivity index (χ2v) is 8.43. The van der Waals surface area contributed by atoms with Gasteiger partial charge in [0.25, 0.3) is 0 Å². The summed E-state index contributed by atoms with van der Waals surface area (Å²) >= 11 is 5.97. The lowest BCUT2D eigenvalue weighted by atomic mass is 10.1. The third-order valence-electron chi connectivity index (χ3n) is 5.95. The van der Waals surface area contributed by atoms with Gasteiger partial charge in [0.2, 0.25) is 5.91 Å². The van der Waals surface area contributed by atoms with Crippen molar-refractivity contribution in [1.29, 1.82) is 0 Å². The fourth-order valence-electron chi connectivity index (χ4n) is 4.39. The van der Waals surface area contributed by atoms with E-state index in [0.717, 1.165) is 28.3 Å². The van der Waals surface area contributed by atoms with Crippen LogP contribution in [0.25, 0.3) is 11.0 Å². The fourth-order valence-corrected chi connectivity index (χ4v) is 4.52. The molecule has 1 aliphatic rings. The number of imidazole rings is 1. The van der Waals surface area contributed by atoms with Crippen LogP contribution in [0, 0.1) is 0 Å². The SMILES string of the molecule is COc1ccccc1N1CC(c2nc3ccccc3n2CCOc2ccc(Cl)cc2)CC1=O. The number of hydrogen-bond acceptors (Lipinski definition) is 4. The van der Waals surface area contributed by atoms with Gasteiger partial charge in [-0.15, -0.1) is 0 Å². The Hall–Kier alpha value is -3.51. The highest BCUT2D eigenvalue weighted by molar-refractivity contribution is 6.30. The number of nitrogens with zero attached hydrogens (tertiary/aromatic N) is 3. The summed E-state index contributed by atoms with van der Waals surface area (Å²) in [5.41, 5.74) is 2.75. The van der Waals surface area contributed by atoms with Crippen LogP contribution >= 0.6 is 11.6 Å². The molecule has 1 amide bonds. The minimum atomic E-state index is -0.0228. The smallest absolute Gasteiger partial charge is 0.227 e. The second-order valence-electron chi connectivity index (χ2n) is 7.99. The normalized spacial score (nSPS) is 15.9. The first-order valence-corrected chi connectivity index (χ1v) is 11.3. The Morgan fingerprint density at radius 3 is 2.61 bits per heavy atom. The lowest BCUT2D eigenvalue weighted by Gasteiger charge is -2.20. The van der Waals surface area contributed by atoms with Crippen LogP contribution in [-0.2, 0) is 11.3 Å². The number of anilines is 1. The van der Waals surface area contributed by atoms with Crippen LogP contribution in [0.3, 0.4) is 0 Å². The highest BCUT2D eigenvalue weighted by Crippen LogP contribution is 2.37. The Balaban J connectivity index is 1.41. The average molecular weight is 462 g/mol. The maximum Gasteiger partial charge on any atom is 0.227 e. The molecule has 1 aliphatic heterocycles. The summed E-state index contributed by atoms with van der Waals surface area (Å²) in [6.45, 7) is 1.66. The van der Waals surface area contributed by atoms with E-state index in [1.165, 1.54) is 0 Å². The topological polar surface area (TPSA) is 56.6 Å². The summed E-state index contributed by atoms with van der Waals surface area (Å²) in [6.07, 6.45) is 0.402. The zero-order valence-corrected chi connectivity index (χ0v) is 19.0. The fraction of sp³-hybridized carbons (Fsp3) is 0.231. The van der Waals surface area contributed by atoms with Gasteiger partial charge in [0.05, 0.1) is 30.4 Å². The molecule has 0 aliphatic carbocycles. The Labute approximate surface area is 197 Å². The highest BCUT2D eigenvalue weighted by Gasteiger charge is 2.35. The van der Waals surface area contributed by atoms with Crippen LogP contribution in [0.4, 0.5) is 5.69 Å². The third-order valence-corrected chi connectivity index (χ3v) is 6.20. The van der Waals surface area contributed by atoms with Crippen molar-refractivity contribution in [2.75, 3.05) is 25.2 Å². The van der Waals surface area contributed by atoms with Crippen molar-refractivity contribution >= 4 is 34.2 Å². The number of para-hydroxylation sites is 4. The van der Waals surface area contributed by atoms with Gasteiger partial charge in [-0.1, -0.05) is 35.9 Å². The number of rotatable bonds is 7. The molecule has 33 heavy (non-hydrogen) atoms. The van der Waals surface area contributed by atoms with Crippen LogP contribution in [-0.4, -0.2) is 35.7 Å². The Morgan fingerprint density at radius 2 is 1.79 bits per heavy atom. The number of carbonyl (C=O) groups excluding carboxylic acids is 1. The Kier molecular flexibility index (Phi) is 5.92. The van der Waals surface area contributed by atoms with Gasteiger partial charge in [0, 0.05) is 23.9 Å². The average Bonchev–Trinajstić information content (AvgIpc) is 3.41. The van der Waals surface area contributed by atoms with E-state index in [1.807, 2.05) is 66.7 Å². The summed E-state index contributed by atoms with van der Waals surface area (Å²) in [5, 5.41) is 0.677. The number of benzene rings is 3. The maximum atomic E-state index is 13.0. The zero-order chi connectivity index (χ0) is 22.8. The number of ether oxygens (including phenoxy) is 2. The minimum absolute atomic E-state index is 0.0228. The molecule has 168 valence electrons. The van der Waals surface area contributed by atoms with Crippen LogP contribution in [0.5, 0.6) is 11.5 Å². The molecule has 1 unspecified atom stereocenters. The maximum absolute atomic E-state index is 13.0. The van der Waals surface area contributed by atoms with Crippen LogP contribution in [0.2, 0.25) is 5.02 Å². The van der Waals surface area contributed by atoms with E-state index in [4.69, 9.17) is 26.1 Å². The molecular weight excluding hydrogens is 438 g/mol. The molecule has 1 atom stereocenters. The third kappa shape index (κ3) is 4.26. The van der Waals surface area contributed by atoms with E-state index in [1.54, 1.807) is 12.0 Å². The molecule has 1 saturated heterocycles. The quantitative estimate of drug-likeness (QED) is 0.375. The van der Waals surface area contributed by atoms with Gasteiger partial charge in [0.1, 0.15) is 23.9 Å². The van der Waals surface area contributed by atoms with Crippen molar-refractivity contribution in [1.82, 2.24) is 9.55 Å². The van der Waals surface area contributed by atoms with Crippen molar-refractivity contribution in [2.45, 2.75) is 18.9 Å². The Morgan fingerprint density at radius 1 is 1.03 bits per heavy atom. The molecule has 7 heteroatoms. The van der Waals surface area contributed by atoms with Crippen molar-refractivity contribution in [3.63, 3.8) is 0 Å². The summed E-state index contributed by atoms with van der Waals surface area (Å²) in [4.78, 5) is 19.7. The van der Waals surface area contributed by atoms with Crippen LogP contribution in [0.15, 0.2) is 72.8 Å². The first kappa shape index (κ1) is 21.3. The van der Waals surface area contributed by atoms with E-state index < -0.39 is 0 Å². The molecule has 0 saturated carbocycles. The Bertz CT molecular complexity index is 1290. The van der Waals surface area contributed by atoms with Gasteiger partial charge in [-0.2, -0.15) is 0 Å². The minimum Gasteiger partial charge on any atom is -0.495 e. The molecule has 0 bridgehead atoms. The molecule has 2 heterocycles. The number of aromatic nitrogens is 2. The van der Waals surface area contributed by atoms with Crippen molar-refractivity contribution in [3.05, 3.63) is 83.6 Å². The largest absolute Gasteiger partial charge is 0.495 e. The van der Waals surface area contributed by atoms with Gasteiger partial charge in [-0.25, -0.2) is 4.98 Å². The molecule has 6 nitrogen and oxygen atoms in total. The number of methoxy groups -OCH3 is 1. The number of amides is 1. The molecule has 0 N–H and O–H groups in total. The van der Waals surface area contributed by atoms with E-state index in [2.05, 4.69) is 10.6 Å². The molecule has 4 aromatic rings. The molecule has 0 spiro atoms. The van der Waals surface area contributed by atoms with E-state index in [-0.39, 0.29) is 11.8 Å². The van der Waals surface area contributed by atoms with Gasteiger partial charge < -0.3 is 18.9 Å². The second kappa shape index (κ2) is 9.16. The molecular formula is C26H24ClN3O3. The van der Waals surface area contributed by atoms with E-state index in [0.29, 0.717) is 36.9 Å². The van der Waals surface area contributed by atoms with Gasteiger partial charge in [0.15, 0.2) is 0 Å². The van der Waals surface area contributed by atoms with E-state index in [9.17, 15) is 4.79 Å². The first-order chi connectivity index (χ1) is 16.1. The summed E-state index contributed by atoms with van der Waals surface area (Å²) in [6, 6.07) is 23.0. The predicted molar refractivity (Wildman–Crippen MR) is 129 cm³/mol. The molecule has 1 aromatic heterocycles. The lowest BCUT2D eigenvalue weighted by molar-refractivity contribution is -0.117. The summed E-state index contributed by atoms with van der Waals surface area (Å²) in [7, 11) is 1.62. The molecule has 5 rings (SSSR count). The number of carbonyl (C=O) groups is 1. The lowest BCUT2D eigenvalue weighted by Crippen LogP contribution is -2.25. The number of hydrogen-bond donors (Lipinski definition) is 0. The molecule has 3 aromatic carbocycles. The first-order valence-electron chi connectivity index (χ1n) is 10.9. The predicted octanol–water partition coefficient (Wildman–Crippen LogP) is 5.30. The van der Waals surface area contributed by atoms with Gasteiger partial charge in [-0.05, 0) is 48.5 Å². The number of halogens is 1. The van der Waals surface area contributed by atoms with E-state index >= 15 is 0 Å². The van der Waals surface area contributed by atoms with Crippen molar-refractivity contribution in [3.8, 4) is 11.5 Å². The van der Waals surface area contributed by atoms with Crippen molar-refractivity contribution in [2.24, 2.45) is 0 Å². The monoisotopic (exact) mass is 461 g/mol. The molecule has 1 fully saturated rings.